The van der Waals surface area contributed by atoms with Crippen LogP contribution in [-0.2, 0) is 0 Å². The molecule has 2 N–H and O–H groups in total. The van der Waals surface area contributed by atoms with E-state index in [1.54, 1.807) is 0 Å². The first-order valence-electron chi connectivity index (χ1n) is 6.11. The summed E-state index contributed by atoms with van der Waals surface area (Å²) < 4.78 is 0. The number of nitrogens with zero attached hydrogens (tertiary/aromatic N) is 2. The maximum Gasteiger partial charge on any atom is 0.132 e. The third-order valence-electron chi connectivity index (χ3n) is 3.41. The number of rotatable bonds is 1. The van der Waals surface area contributed by atoms with Crippen LogP contribution in [-0.4, -0.2) is 24.1 Å². The third-order valence-corrected chi connectivity index (χ3v) is 3.41. The molecular formula is C14H17N3. The van der Waals surface area contributed by atoms with E-state index in [1.807, 2.05) is 6.07 Å². The number of nitrogens with two attached hydrogens (primary N) is 1. The highest BCUT2D eigenvalue weighted by Crippen LogP contribution is 2.25. The van der Waals surface area contributed by atoms with Crippen molar-refractivity contribution in [1.29, 1.82) is 0 Å². The van der Waals surface area contributed by atoms with Crippen molar-refractivity contribution in [1.82, 2.24) is 4.98 Å². The van der Waals surface area contributed by atoms with Gasteiger partial charge in [0, 0.05) is 24.5 Å². The van der Waals surface area contributed by atoms with Crippen LogP contribution in [0.25, 0.3) is 10.9 Å². The number of aromatic nitrogens is 1. The SMILES string of the molecule is Cc1cc2ccccc2nc1N1CCC(N)C1. The highest BCUT2D eigenvalue weighted by Gasteiger charge is 2.21. The zero-order valence-electron chi connectivity index (χ0n) is 10.1. The Morgan fingerprint density at radius 1 is 1.35 bits per heavy atom. The maximum atomic E-state index is 5.96. The molecule has 1 aliphatic rings. The Morgan fingerprint density at radius 3 is 2.94 bits per heavy atom. The lowest BCUT2D eigenvalue weighted by Gasteiger charge is -2.19. The Balaban J connectivity index is 2.07. The molecule has 1 atom stereocenters. The van der Waals surface area contributed by atoms with Gasteiger partial charge in [0.1, 0.15) is 5.82 Å². The molecule has 0 aliphatic carbocycles. The molecule has 0 radical (unpaired) electrons. The molecule has 1 unspecified atom stereocenters. The molecule has 0 amide bonds. The summed E-state index contributed by atoms with van der Waals surface area (Å²) in [4.78, 5) is 7.06. The van der Waals surface area contributed by atoms with Crippen LogP contribution >= 0.6 is 0 Å². The van der Waals surface area contributed by atoms with Gasteiger partial charge >= 0.3 is 0 Å². The zero-order chi connectivity index (χ0) is 11.8. The fourth-order valence-electron chi connectivity index (χ4n) is 2.51. The van der Waals surface area contributed by atoms with Gasteiger partial charge in [0.25, 0.3) is 0 Å². The van der Waals surface area contributed by atoms with Crippen LogP contribution in [0, 0.1) is 6.92 Å². The Kier molecular flexibility index (Phi) is 2.48. The van der Waals surface area contributed by atoms with E-state index >= 15 is 0 Å². The van der Waals surface area contributed by atoms with Gasteiger partial charge in [0.15, 0.2) is 0 Å². The van der Waals surface area contributed by atoms with E-state index < -0.39 is 0 Å². The van der Waals surface area contributed by atoms with Crippen LogP contribution in [0.15, 0.2) is 30.3 Å². The van der Waals surface area contributed by atoms with Gasteiger partial charge in [-0.15, -0.1) is 0 Å². The van der Waals surface area contributed by atoms with Gasteiger partial charge in [-0.3, -0.25) is 0 Å². The molecule has 1 aromatic carbocycles. The fraction of sp³-hybridized carbons (Fsp3) is 0.357. The first-order valence-corrected chi connectivity index (χ1v) is 6.11. The van der Waals surface area contributed by atoms with Crippen LogP contribution in [0.3, 0.4) is 0 Å². The molecule has 0 saturated carbocycles. The van der Waals surface area contributed by atoms with Gasteiger partial charge in [-0.05, 0) is 31.0 Å². The molecule has 1 aromatic heterocycles. The minimum absolute atomic E-state index is 0.294. The summed E-state index contributed by atoms with van der Waals surface area (Å²) in [6.07, 6.45) is 1.06. The first kappa shape index (κ1) is 10.5. The number of fused-ring (bicyclic) bond motifs is 1. The lowest BCUT2D eigenvalue weighted by atomic mass is 10.1. The van der Waals surface area contributed by atoms with Crippen molar-refractivity contribution in [3.05, 3.63) is 35.9 Å². The van der Waals surface area contributed by atoms with Crippen LogP contribution in [0.5, 0.6) is 0 Å². The van der Waals surface area contributed by atoms with Crippen LogP contribution < -0.4 is 10.6 Å². The maximum absolute atomic E-state index is 5.96. The molecule has 1 fully saturated rings. The van der Waals surface area contributed by atoms with E-state index in [-0.39, 0.29) is 0 Å². The van der Waals surface area contributed by atoms with Gasteiger partial charge in [0.2, 0.25) is 0 Å². The fourth-order valence-corrected chi connectivity index (χ4v) is 2.51. The number of pyridine rings is 1. The normalized spacial score (nSPS) is 20.1. The smallest absolute Gasteiger partial charge is 0.132 e. The Labute approximate surface area is 101 Å². The lowest BCUT2D eigenvalue weighted by Crippen LogP contribution is -2.27. The molecule has 1 aliphatic heterocycles. The van der Waals surface area contributed by atoms with Crippen molar-refractivity contribution in [2.24, 2.45) is 5.73 Å². The molecule has 3 heteroatoms. The highest BCUT2D eigenvalue weighted by atomic mass is 15.2. The Morgan fingerprint density at radius 2 is 2.18 bits per heavy atom. The monoisotopic (exact) mass is 227 g/mol. The predicted molar refractivity (Wildman–Crippen MR) is 71.3 cm³/mol. The number of aryl methyl sites for hydroxylation is 1. The minimum atomic E-state index is 0.294. The molecule has 1 saturated heterocycles. The topological polar surface area (TPSA) is 42.2 Å². The van der Waals surface area contributed by atoms with Gasteiger partial charge in [-0.1, -0.05) is 18.2 Å². The molecule has 2 aromatic rings. The van der Waals surface area contributed by atoms with Gasteiger partial charge in [-0.2, -0.15) is 0 Å². The van der Waals surface area contributed by atoms with Crippen molar-refractivity contribution in [2.45, 2.75) is 19.4 Å². The molecular weight excluding hydrogens is 210 g/mol. The Bertz CT molecular complexity index is 550. The second kappa shape index (κ2) is 4.00. The standard InChI is InChI=1S/C14H17N3/c1-10-8-11-4-2-3-5-13(11)16-14(10)17-7-6-12(15)9-17/h2-5,8,12H,6-7,9,15H2,1H3. The number of hydrogen-bond donors (Lipinski definition) is 1. The summed E-state index contributed by atoms with van der Waals surface area (Å²) in [7, 11) is 0. The van der Waals surface area contributed by atoms with Crippen molar-refractivity contribution < 1.29 is 0 Å². The van der Waals surface area contributed by atoms with Gasteiger partial charge < -0.3 is 10.6 Å². The number of hydrogen-bond acceptors (Lipinski definition) is 3. The lowest BCUT2D eigenvalue weighted by molar-refractivity contribution is 0.751. The summed E-state index contributed by atoms with van der Waals surface area (Å²) in [5.41, 5.74) is 8.25. The summed E-state index contributed by atoms with van der Waals surface area (Å²) >= 11 is 0. The minimum Gasteiger partial charge on any atom is -0.355 e. The van der Waals surface area contributed by atoms with E-state index in [2.05, 4.69) is 36.1 Å². The average molecular weight is 227 g/mol. The van der Waals surface area contributed by atoms with Crippen molar-refractivity contribution in [3.8, 4) is 0 Å². The molecule has 88 valence electrons. The van der Waals surface area contributed by atoms with Crippen molar-refractivity contribution in [3.63, 3.8) is 0 Å². The second-order valence-corrected chi connectivity index (χ2v) is 4.82. The molecule has 0 bridgehead atoms. The van der Waals surface area contributed by atoms with E-state index in [1.165, 1.54) is 10.9 Å². The number of anilines is 1. The largest absolute Gasteiger partial charge is 0.355 e. The van der Waals surface area contributed by atoms with E-state index in [9.17, 15) is 0 Å². The third kappa shape index (κ3) is 1.87. The van der Waals surface area contributed by atoms with Crippen LogP contribution in [0.2, 0.25) is 0 Å². The predicted octanol–water partition coefficient (Wildman–Crippen LogP) is 2.08. The highest BCUT2D eigenvalue weighted by molar-refractivity contribution is 5.81. The van der Waals surface area contributed by atoms with Crippen molar-refractivity contribution >= 4 is 16.7 Å². The van der Waals surface area contributed by atoms with E-state index in [0.717, 1.165) is 30.8 Å². The Hall–Kier alpha value is -1.61. The zero-order valence-corrected chi connectivity index (χ0v) is 10.1. The quantitative estimate of drug-likeness (QED) is 0.811. The molecule has 17 heavy (non-hydrogen) atoms. The molecule has 0 spiro atoms. The summed E-state index contributed by atoms with van der Waals surface area (Å²) in [5, 5.41) is 1.21. The molecule has 2 heterocycles. The number of para-hydroxylation sites is 1. The second-order valence-electron chi connectivity index (χ2n) is 4.82. The molecule has 3 nitrogen and oxygen atoms in total. The van der Waals surface area contributed by atoms with E-state index in [4.69, 9.17) is 10.7 Å². The van der Waals surface area contributed by atoms with Crippen molar-refractivity contribution in [2.75, 3.05) is 18.0 Å². The van der Waals surface area contributed by atoms with E-state index in [0.29, 0.717) is 6.04 Å². The summed E-state index contributed by atoms with van der Waals surface area (Å²) in [6.45, 7) is 4.07. The molecule has 3 rings (SSSR count). The van der Waals surface area contributed by atoms with Crippen LogP contribution in [0.4, 0.5) is 5.82 Å². The van der Waals surface area contributed by atoms with Gasteiger partial charge in [-0.25, -0.2) is 4.98 Å². The summed E-state index contributed by atoms with van der Waals surface area (Å²) in [6, 6.07) is 10.8. The van der Waals surface area contributed by atoms with Gasteiger partial charge in [0.05, 0.1) is 5.52 Å². The first-order chi connectivity index (χ1) is 8.24. The average Bonchev–Trinajstić information content (AvgIpc) is 2.75. The number of benzene rings is 1. The van der Waals surface area contributed by atoms with Crippen LogP contribution in [0.1, 0.15) is 12.0 Å². The summed E-state index contributed by atoms with van der Waals surface area (Å²) in [5.74, 6) is 1.09.